The minimum Gasteiger partial charge on any atom is -0.379 e. The third-order valence-corrected chi connectivity index (χ3v) is 3.44. The lowest BCUT2D eigenvalue weighted by Crippen LogP contribution is -2.38. The third-order valence-electron chi connectivity index (χ3n) is 3.44. The summed E-state index contributed by atoms with van der Waals surface area (Å²) in [5.41, 5.74) is 8.19. The Hall–Kier alpha value is -1.59. The van der Waals surface area contributed by atoms with Crippen molar-refractivity contribution < 1.29 is 4.74 Å². The number of ether oxygens (including phenoxy) is 1. The quantitative estimate of drug-likeness (QED) is 0.629. The lowest BCUT2D eigenvalue weighted by molar-refractivity contribution is 0.0394. The lowest BCUT2D eigenvalue weighted by atomic mass is 10.1. The number of hydrogen-bond acceptors (Lipinski definition) is 3. The number of hydrogen-bond donors (Lipinski definition) is 2. The molecule has 3 N–H and O–H groups in total. The number of aliphatic imine (C=N–C) groups is 1. The second-order valence-electron chi connectivity index (χ2n) is 4.90. The number of anilines is 1. The maximum Gasteiger partial charge on any atom is 0.193 e. The van der Waals surface area contributed by atoms with Gasteiger partial charge in [-0.3, -0.25) is 9.89 Å². The Morgan fingerprint density at radius 2 is 2.00 bits per heavy atom. The summed E-state index contributed by atoms with van der Waals surface area (Å²) in [7, 11) is 0. The van der Waals surface area contributed by atoms with Gasteiger partial charge in [0.05, 0.1) is 19.8 Å². The summed E-state index contributed by atoms with van der Waals surface area (Å²) in [6.07, 6.45) is 1.05. The Balaban J connectivity index is 1.74. The molecule has 20 heavy (non-hydrogen) atoms. The van der Waals surface area contributed by atoms with Gasteiger partial charge in [0.25, 0.3) is 0 Å². The van der Waals surface area contributed by atoms with Crippen molar-refractivity contribution in [1.82, 2.24) is 4.90 Å². The van der Waals surface area contributed by atoms with Gasteiger partial charge >= 0.3 is 0 Å². The molecule has 0 amide bonds. The highest BCUT2D eigenvalue weighted by atomic mass is 16.5. The summed E-state index contributed by atoms with van der Waals surface area (Å²) in [6, 6.07) is 8.26. The summed E-state index contributed by atoms with van der Waals surface area (Å²) in [5.74, 6) is 0.475. The topological polar surface area (TPSA) is 62.9 Å². The third kappa shape index (κ3) is 4.83. The van der Waals surface area contributed by atoms with Gasteiger partial charge in [0.15, 0.2) is 5.96 Å². The first kappa shape index (κ1) is 14.8. The van der Waals surface area contributed by atoms with Gasteiger partial charge in [-0.15, -0.1) is 0 Å². The van der Waals surface area contributed by atoms with Crippen LogP contribution in [0.15, 0.2) is 29.3 Å². The number of morpholine rings is 1. The minimum atomic E-state index is 0.475. The van der Waals surface area contributed by atoms with Crippen LogP contribution in [0.25, 0.3) is 0 Å². The predicted octanol–water partition coefficient (Wildman–Crippen LogP) is 1.31. The molecule has 1 aliphatic rings. The smallest absolute Gasteiger partial charge is 0.193 e. The number of nitrogens with two attached hydrogens (primary N) is 1. The summed E-state index contributed by atoms with van der Waals surface area (Å²) in [5, 5.41) is 3.12. The molecule has 1 heterocycles. The summed E-state index contributed by atoms with van der Waals surface area (Å²) in [4.78, 5) is 6.70. The van der Waals surface area contributed by atoms with Crippen LogP contribution in [0.5, 0.6) is 0 Å². The molecule has 110 valence electrons. The van der Waals surface area contributed by atoms with Crippen molar-refractivity contribution in [1.29, 1.82) is 0 Å². The number of nitrogens with zero attached hydrogens (tertiary/aromatic N) is 2. The van der Waals surface area contributed by atoms with Crippen LogP contribution in [0.3, 0.4) is 0 Å². The lowest BCUT2D eigenvalue weighted by Gasteiger charge is -2.25. The van der Waals surface area contributed by atoms with Crippen molar-refractivity contribution in [3.05, 3.63) is 29.8 Å². The second kappa shape index (κ2) is 7.87. The average molecular weight is 276 g/mol. The molecule has 0 saturated carbocycles. The van der Waals surface area contributed by atoms with Crippen LogP contribution in [0.1, 0.15) is 12.5 Å². The Bertz CT molecular complexity index is 424. The van der Waals surface area contributed by atoms with Crippen LogP contribution in [0.4, 0.5) is 5.69 Å². The highest BCUT2D eigenvalue weighted by Gasteiger charge is 2.08. The van der Waals surface area contributed by atoms with Gasteiger partial charge in [0.2, 0.25) is 0 Å². The fourth-order valence-electron chi connectivity index (χ4n) is 2.15. The molecule has 0 aromatic heterocycles. The molecule has 0 radical (unpaired) electrons. The van der Waals surface area contributed by atoms with Crippen molar-refractivity contribution in [2.24, 2.45) is 10.7 Å². The van der Waals surface area contributed by atoms with Gasteiger partial charge in [-0.1, -0.05) is 19.1 Å². The molecule has 0 bridgehead atoms. The molecule has 0 aliphatic carbocycles. The molecule has 0 spiro atoms. The van der Waals surface area contributed by atoms with E-state index in [0.29, 0.717) is 12.5 Å². The van der Waals surface area contributed by atoms with E-state index in [9.17, 15) is 0 Å². The molecule has 0 unspecified atom stereocenters. The summed E-state index contributed by atoms with van der Waals surface area (Å²) in [6.45, 7) is 7.40. The minimum absolute atomic E-state index is 0.475. The molecule has 0 atom stereocenters. The molecular formula is C15H24N4O. The Kier molecular flexibility index (Phi) is 5.83. The maximum atomic E-state index is 5.89. The molecule has 1 aromatic rings. The maximum absolute atomic E-state index is 5.89. The fraction of sp³-hybridized carbons (Fsp3) is 0.533. The van der Waals surface area contributed by atoms with E-state index in [4.69, 9.17) is 10.5 Å². The molecule has 1 aromatic carbocycles. The van der Waals surface area contributed by atoms with Gasteiger partial charge in [0.1, 0.15) is 0 Å². The van der Waals surface area contributed by atoms with E-state index in [1.54, 1.807) is 0 Å². The van der Waals surface area contributed by atoms with Gasteiger partial charge < -0.3 is 15.8 Å². The Morgan fingerprint density at radius 3 is 2.65 bits per heavy atom. The number of rotatable bonds is 5. The number of benzene rings is 1. The Morgan fingerprint density at radius 1 is 1.30 bits per heavy atom. The van der Waals surface area contributed by atoms with E-state index in [0.717, 1.165) is 45.0 Å². The van der Waals surface area contributed by atoms with Crippen molar-refractivity contribution in [3.8, 4) is 0 Å². The van der Waals surface area contributed by atoms with E-state index in [1.807, 2.05) is 12.1 Å². The molecule has 5 heteroatoms. The largest absolute Gasteiger partial charge is 0.379 e. The molecule has 5 nitrogen and oxygen atoms in total. The van der Waals surface area contributed by atoms with E-state index < -0.39 is 0 Å². The summed E-state index contributed by atoms with van der Waals surface area (Å²) >= 11 is 0. The van der Waals surface area contributed by atoms with Crippen molar-refractivity contribution >= 4 is 11.6 Å². The van der Waals surface area contributed by atoms with Crippen LogP contribution in [-0.2, 0) is 11.2 Å². The number of aryl methyl sites for hydroxylation is 1. The first-order valence-corrected chi connectivity index (χ1v) is 7.24. The van der Waals surface area contributed by atoms with Crippen LogP contribution < -0.4 is 11.1 Å². The van der Waals surface area contributed by atoms with Crippen LogP contribution in [0.2, 0.25) is 0 Å². The van der Waals surface area contributed by atoms with Crippen molar-refractivity contribution in [2.75, 3.05) is 44.7 Å². The zero-order chi connectivity index (χ0) is 14.2. The zero-order valence-corrected chi connectivity index (χ0v) is 12.1. The highest BCUT2D eigenvalue weighted by Crippen LogP contribution is 2.09. The van der Waals surface area contributed by atoms with E-state index in [-0.39, 0.29) is 0 Å². The van der Waals surface area contributed by atoms with E-state index in [2.05, 4.69) is 34.3 Å². The molecule has 1 fully saturated rings. The monoisotopic (exact) mass is 276 g/mol. The van der Waals surface area contributed by atoms with E-state index >= 15 is 0 Å². The first-order chi connectivity index (χ1) is 9.78. The first-order valence-electron chi connectivity index (χ1n) is 7.24. The summed E-state index contributed by atoms with van der Waals surface area (Å²) < 4.78 is 5.31. The van der Waals surface area contributed by atoms with Gasteiger partial charge in [-0.25, -0.2) is 0 Å². The van der Waals surface area contributed by atoms with Crippen LogP contribution >= 0.6 is 0 Å². The number of nitrogens with one attached hydrogen (secondary N) is 1. The van der Waals surface area contributed by atoms with Crippen molar-refractivity contribution in [3.63, 3.8) is 0 Å². The predicted molar refractivity (Wildman–Crippen MR) is 83.2 cm³/mol. The van der Waals surface area contributed by atoms with Gasteiger partial charge in [0, 0.05) is 25.3 Å². The molecule has 1 aliphatic heterocycles. The molecule has 1 saturated heterocycles. The highest BCUT2D eigenvalue weighted by molar-refractivity contribution is 5.92. The van der Waals surface area contributed by atoms with Crippen molar-refractivity contribution in [2.45, 2.75) is 13.3 Å². The zero-order valence-electron chi connectivity index (χ0n) is 12.1. The average Bonchev–Trinajstić information content (AvgIpc) is 2.49. The second-order valence-corrected chi connectivity index (χ2v) is 4.90. The molecule has 2 rings (SSSR count). The van der Waals surface area contributed by atoms with Crippen LogP contribution in [-0.4, -0.2) is 50.3 Å². The van der Waals surface area contributed by atoms with Crippen LogP contribution in [0, 0.1) is 0 Å². The van der Waals surface area contributed by atoms with E-state index in [1.165, 1.54) is 5.56 Å². The van der Waals surface area contributed by atoms with Gasteiger partial charge in [-0.05, 0) is 24.1 Å². The van der Waals surface area contributed by atoms with Gasteiger partial charge in [-0.2, -0.15) is 0 Å². The SMILES string of the molecule is CCc1ccc(NC(N)=NCCN2CCOCC2)cc1. The Labute approximate surface area is 120 Å². The molecular weight excluding hydrogens is 252 g/mol. The normalized spacial score (nSPS) is 17.1. The standard InChI is InChI=1S/C15H24N4O/c1-2-13-3-5-14(6-4-13)18-15(16)17-7-8-19-9-11-20-12-10-19/h3-6H,2,7-12H2,1H3,(H3,16,17,18). The number of guanidine groups is 1. The fourth-order valence-corrected chi connectivity index (χ4v) is 2.15.